The Morgan fingerprint density at radius 3 is 2.59 bits per heavy atom. The fourth-order valence-electron chi connectivity index (χ4n) is 5.55. The molecule has 3 rings (SSSR count). The maximum atomic E-state index is 12.3. The van der Waals surface area contributed by atoms with Crippen molar-refractivity contribution < 1.29 is 19.1 Å². The van der Waals surface area contributed by atoms with Gasteiger partial charge in [0.15, 0.2) is 0 Å². The van der Waals surface area contributed by atoms with Crippen molar-refractivity contribution in [2.75, 3.05) is 67.1 Å². The van der Waals surface area contributed by atoms with Crippen molar-refractivity contribution in [1.82, 2.24) is 25.3 Å². The topological polar surface area (TPSA) is 94.2 Å². The van der Waals surface area contributed by atoms with E-state index in [-0.39, 0.29) is 11.8 Å². The van der Waals surface area contributed by atoms with Crippen LogP contribution < -0.4 is 10.6 Å². The van der Waals surface area contributed by atoms with Gasteiger partial charge in [0, 0.05) is 56.3 Å². The Morgan fingerprint density at radius 1 is 1.10 bits per heavy atom. The second-order valence-electron chi connectivity index (χ2n) is 11.3. The maximum Gasteiger partial charge on any atom is 0.243 e. The number of unbranched alkanes of at least 4 members (excludes halogenated alkanes) is 1. The Hall–Kier alpha value is -2.61. The van der Waals surface area contributed by atoms with E-state index in [0.29, 0.717) is 44.0 Å². The molecule has 2 heterocycles. The van der Waals surface area contributed by atoms with Crippen LogP contribution in [-0.2, 0) is 20.9 Å². The molecule has 0 bridgehead atoms. The SMILES string of the molecule is CNC1CCN(CCCN(C)CCCOCCCC#Cc2cccc(C=O)c2CN(C)C2CCC(=O)NC2=O)CC1. The molecule has 2 amide bonds. The number of ether oxygens (including phenoxy) is 1. The summed E-state index contributed by atoms with van der Waals surface area (Å²) < 4.78 is 5.83. The van der Waals surface area contributed by atoms with Gasteiger partial charge in [-0.1, -0.05) is 24.0 Å². The lowest BCUT2D eigenvalue weighted by Gasteiger charge is -2.32. The Morgan fingerprint density at radius 2 is 1.85 bits per heavy atom. The van der Waals surface area contributed by atoms with Crippen LogP contribution in [0.3, 0.4) is 0 Å². The highest BCUT2D eigenvalue weighted by Gasteiger charge is 2.30. The predicted molar refractivity (Wildman–Crippen MR) is 162 cm³/mol. The summed E-state index contributed by atoms with van der Waals surface area (Å²) in [7, 11) is 6.10. The van der Waals surface area contributed by atoms with Crippen molar-refractivity contribution in [2.45, 2.75) is 70.0 Å². The van der Waals surface area contributed by atoms with Gasteiger partial charge in [0.2, 0.25) is 11.8 Å². The monoisotopic (exact) mass is 567 g/mol. The zero-order chi connectivity index (χ0) is 29.5. The molecule has 2 aliphatic heterocycles. The second-order valence-corrected chi connectivity index (χ2v) is 11.3. The first-order valence-electron chi connectivity index (χ1n) is 15.2. The van der Waals surface area contributed by atoms with Crippen LogP contribution in [0.2, 0.25) is 0 Å². The van der Waals surface area contributed by atoms with Crippen LogP contribution in [0.25, 0.3) is 0 Å². The Balaban J connectivity index is 1.31. The number of nitrogens with zero attached hydrogens (tertiary/aromatic N) is 3. The number of imide groups is 1. The molecule has 1 atom stereocenters. The number of likely N-dealkylation sites (tertiary alicyclic amines) is 1. The van der Waals surface area contributed by atoms with Crippen LogP contribution in [0.1, 0.15) is 72.9 Å². The van der Waals surface area contributed by atoms with E-state index in [2.05, 4.69) is 46.4 Å². The van der Waals surface area contributed by atoms with Crippen molar-refractivity contribution in [3.63, 3.8) is 0 Å². The van der Waals surface area contributed by atoms with E-state index in [1.165, 1.54) is 38.9 Å². The fourth-order valence-corrected chi connectivity index (χ4v) is 5.55. The lowest BCUT2D eigenvalue weighted by molar-refractivity contribution is -0.137. The first kappa shape index (κ1) is 32.9. The Bertz CT molecular complexity index is 1040. The van der Waals surface area contributed by atoms with Crippen molar-refractivity contribution >= 4 is 18.1 Å². The number of hydrogen-bond acceptors (Lipinski definition) is 8. The normalized spacial score (nSPS) is 18.4. The lowest BCUT2D eigenvalue weighted by Crippen LogP contribution is -2.51. The summed E-state index contributed by atoms with van der Waals surface area (Å²) in [4.78, 5) is 42.4. The molecule has 2 aliphatic rings. The molecule has 41 heavy (non-hydrogen) atoms. The van der Waals surface area contributed by atoms with Crippen LogP contribution in [0.5, 0.6) is 0 Å². The standard InChI is InChI=1S/C32H49N5O4/c1-33-28-15-20-37(21-16-28)19-8-17-35(2)18-9-23-41-22-6-4-5-10-26-11-7-12-27(25-38)29(26)24-36(3)30-13-14-31(39)34-32(30)40/h7,11-12,25,28,30,33H,4,6,8-9,13-24H2,1-3H3,(H,34,39,40). The molecule has 2 N–H and O–H groups in total. The summed E-state index contributed by atoms with van der Waals surface area (Å²) in [5, 5.41) is 5.79. The van der Waals surface area contributed by atoms with Gasteiger partial charge in [-0.3, -0.25) is 24.6 Å². The van der Waals surface area contributed by atoms with E-state index in [9.17, 15) is 14.4 Å². The molecule has 9 heteroatoms. The van der Waals surface area contributed by atoms with E-state index in [1.54, 1.807) is 6.07 Å². The Labute approximate surface area is 246 Å². The van der Waals surface area contributed by atoms with Gasteiger partial charge < -0.3 is 19.9 Å². The number of aldehydes is 1. The zero-order valence-electron chi connectivity index (χ0n) is 25.3. The minimum absolute atomic E-state index is 0.238. The average Bonchev–Trinajstić information content (AvgIpc) is 2.97. The molecule has 2 fully saturated rings. The largest absolute Gasteiger partial charge is 0.381 e. The van der Waals surface area contributed by atoms with Crippen molar-refractivity contribution in [3.8, 4) is 11.8 Å². The number of amides is 2. The van der Waals surface area contributed by atoms with E-state index >= 15 is 0 Å². The predicted octanol–water partition coefficient (Wildman–Crippen LogP) is 2.28. The highest BCUT2D eigenvalue weighted by molar-refractivity contribution is 6.00. The molecule has 226 valence electrons. The van der Waals surface area contributed by atoms with Gasteiger partial charge in [0.05, 0.1) is 6.04 Å². The number of hydrogen-bond donors (Lipinski definition) is 2. The third-order valence-corrected chi connectivity index (χ3v) is 8.14. The van der Waals surface area contributed by atoms with E-state index < -0.39 is 6.04 Å². The van der Waals surface area contributed by atoms with Crippen molar-refractivity contribution in [1.29, 1.82) is 0 Å². The summed E-state index contributed by atoms with van der Waals surface area (Å²) in [6, 6.07) is 5.80. The van der Waals surface area contributed by atoms with Gasteiger partial charge in [-0.25, -0.2) is 0 Å². The first-order valence-corrected chi connectivity index (χ1v) is 15.2. The molecule has 0 aliphatic carbocycles. The molecule has 0 radical (unpaired) electrons. The third-order valence-electron chi connectivity index (χ3n) is 8.14. The minimum atomic E-state index is -0.406. The van der Waals surface area contributed by atoms with E-state index in [0.717, 1.165) is 50.0 Å². The van der Waals surface area contributed by atoms with E-state index in [1.807, 2.05) is 24.1 Å². The second kappa shape index (κ2) is 18.0. The van der Waals surface area contributed by atoms with Gasteiger partial charge in [-0.15, -0.1) is 0 Å². The van der Waals surface area contributed by atoms with E-state index in [4.69, 9.17) is 4.74 Å². The molecule has 1 aromatic rings. The highest BCUT2D eigenvalue weighted by Crippen LogP contribution is 2.19. The third kappa shape index (κ3) is 11.3. The zero-order valence-corrected chi connectivity index (χ0v) is 25.3. The number of nitrogens with one attached hydrogen (secondary N) is 2. The highest BCUT2D eigenvalue weighted by atomic mass is 16.5. The summed E-state index contributed by atoms with van der Waals surface area (Å²) in [6.07, 6.45) is 7.94. The smallest absolute Gasteiger partial charge is 0.243 e. The first-order chi connectivity index (χ1) is 19.9. The number of rotatable bonds is 16. The maximum absolute atomic E-state index is 12.3. The number of carbonyl (C=O) groups excluding carboxylic acids is 3. The molecule has 9 nitrogen and oxygen atoms in total. The van der Waals surface area contributed by atoms with Gasteiger partial charge in [0.25, 0.3) is 0 Å². The van der Waals surface area contributed by atoms with Gasteiger partial charge in [-0.05, 0) is 97.5 Å². The summed E-state index contributed by atoms with van der Waals surface area (Å²) in [5.41, 5.74) is 2.17. The number of benzene rings is 1. The quantitative estimate of drug-likeness (QED) is 0.136. The molecule has 0 aromatic heterocycles. The molecule has 1 unspecified atom stereocenters. The molecule has 0 spiro atoms. The van der Waals surface area contributed by atoms with Crippen molar-refractivity contribution in [2.24, 2.45) is 0 Å². The fraction of sp³-hybridized carbons (Fsp3) is 0.656. The van der Waals surface area contributed by atoms with Gasteiger partial charge in [-0.2, -0.15) is 0 Å². The minimum Gasteiger partial charge on any atom is -0.381 e. The summed E-state index contributed by atoms with van der Waals surface area (Å²) in [5.74, 6) is 5.92. The number of carbonyl (C=O) groups is 3. The lowest BCUT2D eigenvalue weighted by atomic mass is 9.99. The van der Waals surface area contributed by atoms with Crippen LogP contribution >= 0.6 is 0 Å². The summed E-state index contributed by atoms with van der Waals surface area (Å²) >= 11 is 0. The summed E-state index contributed by atoms with van der Waals surface area (Å²) in [6.45, 7) is 7.62. The Kier molecular flexibility index (Phi) is 14.5. The van der Waals surface area contributed by atoms with Crippen LogP contribution in [0.4, 0.5) is 0 Å². The van der Waals surface area contributed by atoms with Crippen LogP contribution in [0.15, 0.2) is 18.2 Å². The molecule has 2 saturated heterocycles. The van der Waals surface area contributed by atoms with Gasteiger partial charge in [0.1, 0.15) is 6.29 Å². The van der Waals surface area contributed by atoms with Gasteiger partial charge >= 0.3 is 0 Å². The average molecular weight is 568 g/mol. The van der Waals surface area contributed by atoms with Crippen LogP contribution in [0, 0.1) is 11.8 Å². The molecule has 1 aromatic carbocycles. The number of piperidine rings is 2. The molecular formula is C32H49N5O4. The number of likely N-dealkylation sites (N-methyl/N-ethyl adjacent to an activating group) is 1. The molecule has 0 saturated carbocycles. The van der Waals surface area contributed by atoms with Crippen LogP contribution in [-0.4, -0.2) is 112 Å². The molecular weight excluding hydrogens is 518 g/mol. The van der Waals surface area contributed by atoms with Crippen molar-refractivity contribution in [3.05, 3.63) is 34.9 Å².